The smallest absolute Gasteiger partial charge is 0.146 e. The number of rotatable bonds is 3. The molecule has 0 saturated heterocycles. The Balaban J connectivity index is 1.87. The molecule has 1 atom stereocenters. The fraction of sp³-hybridized carbons (Fsp3) is 0.375. The Morgan fingerprint density at radius 3 is 2.95 bits per heavy atom. The Labute approximate surface area is 129 Å². The topological polar surface area (TPSA) is 46.9 Å². The average molecular weight is 304 g/mol. The van der Waals surface area contributed by atoms with E-state index in [0.29, 0.717) is 11.4 Å². The molecule has 1 N–H and O–H groups in total. The quantitative estimate of drug-likeness (QED) is 0.948. The number of halogens is 1. The summed E-state index contributed by atoms with van der Waals surface area (Å²) in [5, 5.41) is 8.22. The molecular formula is C16H18ClN3O. The summed E-state index contributed by atoms with van der Waals surface area (Å²) in [5.41, 5.74) is 3.72. The van der Waals surface area contributed by atoms with Gasteiger partial charge in [-0.25, -0.2) is 0 Å². The average Bonchev–Trinajstić information content (AvgIpc) is 2.73. The zero-order valence-electron chi connectivity index (χ0n) is 12.2. The highest BCUT2D eigenvalue weighted by atomic mass is 35.5. The summed E-state index contributed by atoms with van der Waals surface area (Å²) in [6.45, 7) is 2.68. The van der Waals surface area contributed by atoms with Gasteiger partial charge in [-0.05, 0) is 25.0 Å². The van der Waals surface area contributed by atoms with Crippen LogP contribution in [-0.2, 0) is 18.3 Å². The number of nitrogens with zero attached hydrogens (tertiary/aromatic N) is 2. The minimum absolute atomic E-state index is 0.0614. The van der Waals surface area contributed by atoms with Crippen molar-refractivity contribution in [3.63, 3.8) is 0 Å². The first-order valence-electron chi connectivity index (χ1n) is 7.11. The van der Waals surface area contributed by atoms with E-state index in [9.17, 15) is 4.79 Å². The summed E-state index contributed by atoms with van der Waals surface area (Å²) in [7, 11) is 1.83. The van der Waals surface area contributed by atoms with E-state index in [-0.39, 0.29) is 11.7 Å². The zero-order valence-corrected chi connectivity index (χ0v) is 12.9. The number of Topliss-reactive ketones (excluding diaryl/α,β-unsaturated/α-hetero) is 1. The van der Waals surface area contributed by atoms with Crippen LogP contribution >= 0.6 is 11.6 Å². The van der Waals surface area contributed by atoms with Crippen LogP contribution in [0.2, 0.25) is 5.02 Å². The minimum atomic E-state index is -0.0614. The van der Waals surface area contributed by atoms with E-state index < -0.39 is 0 Å². The first-order chi connectivity index (χ1) is 10.1. The predicted molar refractivity (Wildman–Crippen MR) is 84.0 cm³/mol. The third-order valence-electron chi connectivity index (χ3n) is 4.08. The molecule has 1 aromatic heterocycles. The van der Waals surface area contributed by atoms with E-state index in [4.69, 9.17) is 11.6 Å². The van der Waals surface area contributed by atoms with Gasteiger partial charge in [0, 0.05) is 25.2 Å². The van der Waals surface area contributed by atoms with Gasteiger partial charge in [-0.15, -0.1) is 0 Å². The van der Waals surface area contributed by atoms with E-state index in [1.807, 2.05) is 38.2 Å². The normalized spacial score (nSPS) is 17.2. The maximum Gasteiger partial charge on any atom is 0.146 e. The minimum Gasteiger partial charge on any atom is -0.385 e. The summed E-state index contributed by atoms with van der Waals surface area (Å²) < 4.78 is 1.71. The molecular weight excluding hydrogens is 286 g/mol. The van der Waals surface area contributed by atoms with Crippen molar-refractivity contribution in [2.45, 2.75) is 25.7 Å². The van der Waals surface area contributed by atoms with Crippen LogP contribution in [-0.4, -0.2) is 22.1 Å². The van der Waals surface area contributed by atoms with Crippen LogP contribution in [0.25, 0.3) is 0 Å². The number of benzene rings is 1. The van der Waals surface area contributed by atoms with Crippen molar-refractivity contribution in [2.75, 3.05) is 11.9 Å². The van der Waals surface area contributed by atoms with Crippen molar-refractivity contribution in [1.29, 1.82) is 0 Å². The SMILES string of the molecule is Cc1nn(C)c(CC(=O)C2CCNc3ccccc32)c1Cl. The van der Waals surface area contributed by atoms with E-state index in [2.05, 4.69) is 10.4 Å². The highest BCUT2D eigenvalue weighted by Crippen LogP contribution is 2.33. The lowest BCUT2D eigenvalue weighted by Gasteiger charge is -2.25. The monoisotopic (exact) mass is 303 g/mol. The summed E-state index contributed by atoms with van der Waals surface area (Å²) in [5.74, 6) is 0.141. The molecule has 110 valence electrons. The fourth-order valence-corrected chi connectivity index (χ4v) is 3.19. The molecule has 2 heterocycles. The first kappa shape index (κ1) is 14.1. The third-order valence-corrected chi connectivity index (χ3v) is 4.57. The molecule has 0 bridgehead atoms. The van der Waals surface area contributed by atoms with E-state index in [0.717, 1.165) is 35.6 Å². The van der Waals surface area contributed by atoms with Crippen molar-refractivity contribution in [2.24, 2.45) is 7.05 Å². The molecule has 1 aromatic carbocycles. The standard InChI is InChI=1S/C16H18ClN3O/c1-10-16(17)14(20(2)19-10)9-15(21)12-7-8-18-13-6-4-3-5-11(12)13/h3-6,12,18H,7-9H2,1-2H3. The summed E-state index contributed by atoms with van der Waals surface area (Å²) in [6, 6.07) is 8.02. The van der Waals surface area contributed by atoms with Gasteiger partial charge in [-0.2, -0.15) is 5.10 Å². The maximum absolute atomic E-state index is 12.7. The number of fused-ring (bicyclic) bond motifs is 1. The second-order valence-corrected chi connectivity index (χ2v) is 5.85. The molecule has 1 unspecified atom stereocenters. The summed E-state index contributed by atoms with van der Waals surface area (Å²) >= 11 is 6.25. The van der Waals surface area contributed by atoms with Crippen molar-refractivity contribution in [3.8, 4) is 0 Å². The number of anilines is 1. The number of ketones is 1. The molecule has 5 heteroatoms. The van der Waals surface area contributed by atoms with Crippen LogP contribution in [0.3, 0.4) is 0 Å². The number of carbonyl (C=O) groups excluding carboxylic acids is 1. The summed E-state index contributed by atoms with van der Waals surface area (Å²) in [6.07, 6.45) is 1.15. The second-order valence-electron chi connectivity index (χ2n) is 5.47. The molecule has 0 spiro atoms. The first-order valence-corrected chi connectivity index (χ1v) is 7.49. The van der Waals surface area contributed by atoms with Crippen molar-refractivity contribution in [3.05, 3.63) is 46.2 Å². The maximum atomic E-state index is 12.7. The van der Waals surface area contributed by atoms with E-state index >= 15 is 0 Å². The third kappa shape index (κ3) is 2.56. The Morgan fingerprint density at radius 2 is 2.24 bits per heavy atom. The van der Waals surface area contributed by atoms with Gasteiger partial charge in [-0.3, -0.25) is 9.48 Å². The Kier molecular flexibility index (Phi) is 3.72. The van der Waals surface area contributed by atoms with E-state index in [1.165, 1.54) is 0 Å². The van der Waals surface area contributed by atoms with Crippen LogP contribution < -0.4 is 5.32 Å². The molecule has 0 saturated carbocycles. The Bertz CT molecular complexity index is 693. The number of nitrogens with one attached hydrogen (secondary N) is 1. The predicted octanol–water partition coefficient (Wildman–Crippen LogP) is 3.09. The molecule has 1 aliphatic heterocycles. The molecule has 4 nitrogen and oxygen atoms in total. The van der Waals surface area contributed by atoms with Gasteiger partial charge in [0.15, 0.2) is 0 Å². The van der Waals surface area contributed by atoms with Gasteiger partial charge >= 0.3 is 0 Å². The van der Waals surface area contributed by atoms with Crippen LogP contribution in [0.4, 0.5) is 5.69 Å². The van der Waals surface area contributed by atoms with Crippen LogP contribution in [0, 0.1) is 6.92 Å². The van der Waals surface area contributed by atoms with E-state index in [1.54, 1.807) is 4.68 Å². The van der Waals surface area contributed by atoms with Gasteiger partial charge in [0.2, 0.25) is 0 Å². The summed E-state index contributed by atoms with van der Waals surface area (Å²) in [4.78, 5) is 12.7. The van der Waals surface area contributed by atoms with Gasteiger partial charge in [0.05, 0.1) is 22.8 Å². The van der Waals surface area contributed by atoms with Crippen molar-refractivity contribution >= 4 is 23.1 Å². The molecule has 21 heavy (non-hydrogen) atoms. The number of carbonyl (C=O) groups is 1. The largest absolute Gasteiger partial charge is 0.385 e. The highest BCUT2D eigenvalue weighted by molar-refractivity contribution is 6.32. The van der Waals surface area contributed by atoms with Crippen molar-refractivity contribution < 1.29 is 4.79 Å². The lowest BCUT2D eigenvalue weighted by molar-refractivity contribution is -0.120. The lowest BCUT2D eigenvalue weighted by Crippen LogP contribution is -2.24. The number of aromatic nitrogens is 2. The number of hydrogen-bond acceptors (Lipinski definition) is 3. The second kappa shape index (κ2) is 5.53. The molecule has 3 rings (SSSR count). The van der Waals surface area contributed by atoms with Gasteiger partial charge in [-0.1, -0.05) is 29.8 Å². The van der Waals surface area contributed by atoms with Crippen LogP contribution in [0.15, 0.2) is 24.3 Å². The molecule has 1 aliphatic rings. The Morgan fingerprint density at radius 1 is 1.48 bits per heavy atom. The molecule has 2 aromatic rings. The fourth-order valence-electron chi connectivity index (χ4n) is 2.96. The molecule has 0 radical (unpaired) electrons. The van der Waals surface area contributed by atoms with Gasteiger partial charge in [0.1, 0.15) is 5.78 Å². The van der Waals surface area contributed by atoms with Crippen molar-refractivity contribution in [1.82, 2.24) is 9.78 Å². The molecule has 0 amide bonds. The number of hydrogen-bond donors (Lipinski definition) is 1. The van der Waals surface area contributed by atoms with Gasteiger partial charge < -0.3 is 5.32 Å². The van der Waals surface area contributed by atoms with Crippen LogP contribution in [0.5, 0.6) is 0 Å². The lowest BCUT2D eigenvalue weighted by atomic mass is 9.86. The van der Waals surface area contributed by atoms with Gasteiger partial charge in [0.25, 0.3) is 0 Å². The zero-order chi connectivity index (χ0) is 15.0. The number of aryl methyl sites for hydroxylation is 2. The highest BCUT2D eigenvalue weighted by Gasteiger charge is 2.27. The molecule has 0 fully saturated rings. The van der Waals surface area contributed by atoms with Crippen LogP contribution in [0.1, 0.15) is 29.3 Å². The molecule has 0 aliphatic carbocycles. The number of para-hydroxylation sites is 1. The Hall–Kier alpha value is -1.81.